The van der Waals surface area contributed by atoms with Crippen molar-refractivity contribution in [2.45, 2.75) is 166 Å². The van der Waals surface area contributed by atoms with Crippen molar-refractivity contribution in [2.75, 3.05) is 20.1 Å². The highest BCUT2D eigenvalue weighted by molar-refractivity contribution is 4.99. The van der Waals surface area contributed by atoms with Crippen molar-refractivity contribution in [1.82, 2.24) is 15.5 Å². The highest BCUT2D eigenvalue weighted by Crippen LogP contribution is 2.40. The molecule has 7 nitrogen and oxygen atoms in total. The second kappa shape index (κ2) is 11.1. The van der Waals surface area contributed by atoms with Crippen LogP contribution < -0.4 is 10.6 Å². The molecule has 3 saturated heterocycles. The number of nitrogens with one attached hydrogen (secondary N) is 2. The summed E-state index contributed by atoms with van der Waals surface area (Å²) in [6.07, 6.45) is 17.6. The fourth-order valence-corrected chi connectivity index (χ4v) is 7.86. The van der Waals surface area contributed by atoms with Gasteiger partial charge in [-0.3, -0.25) is 4.90 Å². The van der Waals surface area contributed by atoms with Crippen LogP contribution in [0, 0.1) is 0 Å². The molecule has 3 atom stereocenters. The van der Waals surface area contributed by atoms with Crippen molar-refractivity contribution in [2.24, 2.45) is 0 Å². The summed E-state index contributed by atoms with van der Waals surface area (Å²) in [6, 6.07) is 0. The minimum absolute atomic E-state index is 0.0669. The molecular formula is C29H55N4O3+. The summed E-state index contributed by atoms with van der Waals surface area (Å²) >= 11 is 0. The number of rotatable bonds is 6. The number of nitrogens with zero attached hydrogens (tertiary/aromatic N) is 2. The number of piperidine rings is 1. The van der Waals surface area contributed by atoms with Crippen molar-refractivity contribution in [3.8, 4) is 0 Å². The van der Waals surface area contributed by atoms with E-state index in [-0.39, 0.29) is 36.2 Å². The second-order valence-corrected chi connectivity index (χ2v) is 13.8. The molecule has 0 amide bonds. The number of hydrogen-bond donors (Lipinski definition) is 2. The highest BCUT2D eigenvalue weighted by Gasteiger charge is 2.55. The molecule has 2 saturated carbocycles. The maximum atomic E-state index is 7.16. The Morgan fingerprint density at radius 3 is 1.56 bits per heavy atom. The standard InChI is InChI=1S/C29H55N4O3/c1-28(2)20-24(21-29(3,4)32(28)5)36-27-31-25(34-22-14-8-6-9-15-22)30-26(33(27)18-12-13-19-33)35-23-16-10-7-11-17-23/h22-27,30-31H,6-21H2,1-5H3/q+1/t25?,26-,27?/m0/s1. The van der Waals surface area contributed by atoms with Crippen molar-refractivity contribution in [3.63, 3.8) is 0 Å². The molecule has 0 radical (unpaired) electrons. The molecular weight excluding hydrogens is 452 g/mol. The molecule has 5 rings (SSSR count). The summed E-state index contributed by atoms with van der Waals surface area (Å²) in [4.78, 5) is 2.54. The van der Waals surface area contributed by atoms with Crippen LogP contribution in [-0.4, -0.2) is 78.0 Å². The first kappa shape index (κ1) is 27.3. The molecule has 0 aromatic heterocycles. The Hall–Kier alpha value is -0.280. The Kier molecular flexibility index (Phi) is 8.39. The highest BCUT2D eigenvalue weighted by atomic mass is 16.6. The van der Waals surface area contributed by atoms with Gasteiger partial charge in [0, 0.05) is 23.9 Å². The van der Waals surface area contributed by atoms with E-state index in [1.165, 1.54) is 64.2 Å². The maximum Gasteiger partial charge on any atom is 0.259 e. The van der Waals surface area contributed by atoms with Gasteiger partial charge in [0.05, 0.1) is 31.4 Å². The Labute approximate surface area is 220 Å². The molecule has 5 fully saturated rings. The van der Waals surface area contributed by atoms with Gasteiger partial charge in [0.15, 0.2) is 6.35 Å². The average Bonchev–Trinajstić information content (AvgIpc) is 3.32. The molecule has 2 unspecified atom stereocenters. The van der Waals surface area contributed by atoms with E-state index in [4.69, 9.17) is 14.2 Å². The predicted molar refractivity (Wildman–Crippen MR) is 143 cm³/mol. The zero-order valence-electron chi connectivity index (χ0n) is 23.9. The van der Waals surface area contributed by atoms with Crippen molar-refractivity contribution in [1.29, 1.82) is 0 Å². The Bertz CT molecular complexity index is 695. The van der Waals surface area contributed by atoms with Crippen LogP contribution >= 0.6 is 0 Å². The molecule has 3 heterocycles. The van der Waals surface area contributed by atoms with Gasteiger partial charge in [-0.05, 0) is 73.3 Å². The van der Waals surface area contributed by atoms with Gasteiger partial charge in [-0.25, -0.2) is 15.1 Å². The van der Waals surface area contributed by atoms with Crippen molar-refractivity contribution in [3.05, 3.63) is 0 Å². The summed E-state index contributed by atoms with van der Waals surface area (Å²) in [5.41, 5.74) is 0.205. The summed E-state index contributed by atoms with van der Waals surface area (Å²) in [6.45, 7) is 11.7. The van der Waals surface area contributed by atoms with E-state index in [1.807, 2.05) is 0 Å². The van der Waals surface area contributed by atoms with E-state index in [1.54, 1.807) is 0 Å². The van der Waals surface area contributed by atoms with Crippen LogP contribution in [0.3, 0.4) is 0 Å². The smallest absolute Gasteiger partial charge is 0.259 e. The van der Waals surface area contributed by atoms with Gasteiger partial charge in [0.2, 0.25) is 0 Å². The zero-order valence-corrected chi connectivity index (χ0v) is 23.9. The molecule has 0 aromatic rings. The van der Waals surface area contributed by atoms with Crippen LogP contribution in [0.25, 0.3) is 0 Å². The predicted octanol–water partition coefficient (Wildman–Crippen LogP) is 5.01. The van der Waals surface area contributed by atoms with Crippen molar-refractivity contribution < 1.29 is 18.7 Å². The van der Waals surface area contributed by atoms with Crippen LogP contribution in [0.1, 0.15) is 118 Å². The normalized spacial score (nSPS) is 36.4. The average molecular weight is 508 g/mol. The van der Waals surface area contributed by atoms with Gasteiger partial charge in [-0.2, -0.15) is 0 Å². The number of hydrogen-bond acceptors (Lipinski definition) is 6. The minimum atomic E-state index is -0.219. The van der Waals surface area contributed by atoms with Gasteiger partial charge in [-0.1, -0.05) is 38.5 Å². The lowest BCUT2D eigenvalue weighted by molar-refractivity contribution is -1.02. The van der Waals surface area contributed by atoms with Crippen LogP contribution in [-0.2, 0) is 14.2 Å². The Balaban J connectivity index is 1.37. The number of quaternary nitrogens is 1. The molecule has 1 spiro atoms. The first-order valence-electron chi connectivity index (χ1n) is 15.3. The maximum absolute atomic E-state index is 7.16. The minimum Gasteiger partial charge on any atom is -0.346 e. The lowest BCUT2D eigenvalue weighted by atomic mass is 9.79. The van der Waals surface area contributed by atoms with E-state index in [0.29, 0.717) is 12.2 Å². The third-order valence-electron chi connectivity index (χ3n) is 10.3. The third-order valence-corrected chi connectivity index (χ3v) is 10.3. The lowest BCUT2D eigenvalue weighted by Crippen LogP contribution is -2.79. The van der Waals surface area contributed by atoms with Crippen LogP contribution in [0.15, 0.2) is 0 Å². The Morgan fingerprint density at radius 2 is 1.06 bits per heavy atom. The Morgan fingerprint density at radius 1 is 0.611 bits per heavy atom. The third kappa shape index (κ3) is 5.83. The molecule has 2 aliphatic carbocycles. The van der Waals surface area contributed by atoms with E-state index in [2.05, 4.69) is 50.3 Å². The van der Waals surface area contributed by atoms with Gasteiger partial charge < -0.3 is 14.2 Å². The molecule has 5 aliphatic rings. The largest absolute Gasteiger partial charge is 0.346 e. The summed E-state index contributed by atoms with van der Waals surface area (Å²) in [5.74, 6) is 0. The summed E-state index contributed by atoms with van der Waals surface area (Å²) < 4.78 is 21.6. The van der Waals surface area contributed by atoms with Crippen LogP contribution in [0.2, 0.25) is 0 Å². The van der Waals surface area contributed by atoms with E-state index >= 15 is 0 Å². The number of ether oxygens (including phenoxy) is 3. The first-order valence-corrected chi connectivity index (χ1v) is 15.3. The molecule has 0 bridgehead atoms. The number of likely N-dealkylation sites (tertiary alicyclic amines) is 1. The van der Waals surface area contributed by atoms with E-state index in [0.717, 1.165) is 43.3 Å². The molecule has 36 heavy (non-hydrogen) atoms. The lowest BCUT2D eigenvalue weighted by Gasteiger charge is -2.56. The molecule has 0 aromatic carbocycles. The first-order chi connectivity index (χ1) is 17.2. The van der Waals surface area contributed by atoms with Gasteiger partial charge in [0.25, 0.3) is 12.7 Å². The van der Waals surface area contributed by atoms with E-state index < -0.39 is 0 Å². The van der Waals surface area contributed by atoms with Crippen LogP contribution in [0.5, 0.6) is 0 Å². The van der Waals surface area contributed by atoms with Gasteiger partial charge in [0.1, 0.15) is 0 Å². The van der Waals surface area contributed by atoms with E-state index in [9.17, 15) is 0 Å². The monoisotopic (exact) mass is 507 g/mol. The van der Waals surface area contributed by atoms with Gasteiger partial charge in [-0.15, -0.1) is 0 Å². The topological polar surface area (TPSA) is 55.0 Å². The second-order valence-electron chi connectivity index (χ2n) is 13.8. The van der Waals surface area contributed by atoms with Crippen molar-refractivity contribution >= 4 is 0 Å². The molecule has 208 valence electrons. The summed E-state index contributed by atoms with van der Waals surface area (Å²) in [5, 5.41) is 7.65. The van der Waals surface area contributed by atoms with Gasteiger partial charge >= 0.3 is 0 Å². The quantitative estimate of drug-likeness (QED) is 0.493. The molecule has 3 aliphatic heterocycles. The molecule has 2 N–H and O–H groups in total. The fraction of sp³-hybridized carbons (Fsp3) is 1.00. The van der Waals surface area contributed by atoms with Crippen LogP contribution in [0.4, 0.5) is 0 Å². The SMILES string of the molecule is CN1C(C)(C)CC(OC2NC(OC3CCCCC3)N[C@H](OC3CCCCC3)[N+]23CCCC3)CC1(C)C. The zero-order chi connectivity index (χ0) is 25.4. The fourth-order valence-electron chi connectivity index (χ4n) is 7.86. The summed E-state index contributed by atoms with van der Waals surface area (Å²) in [7, 11) is 2.27. The molecule has 7 heteroatoms.